The van der Waals surface area contributed by atoms with Gasteiger partial charge in [0.05, 0.1) is 25.3 Å². The number of imide groups is 1. The zero-order valence-corrected chi connectivity index (χ0v) is 16.9. The molecule has 170 valence electrons. The predicted molar refractivity (Wildman–Crippen MR) is 105 cm³/mol. The lowest BCUT2D eigenvalue weighted by Gasteiger charge is -2.24. The normalized spacial score (nSPS) is 15.1. The van der Waals surface area contributed by atoms with Crippen molar-refractivity contribution in [1.82, 2.24) is 15.3 Å². The molecule has 6 N–H and O–H groups in total. The van der Waals surface area contributed by atoms with Crippen LogP contribution >= 0.6 is 0 Å². The van der Waals surface area contributed by atoms with E-state index in [2.05, 4.69) is 9.97 Å². The van der Waals surface area contributed by atoms with E-state index in [4.69, 9.17) is 14.6 Å². The summed E-state index contributed by atoms with van der Waals surface area (Å²) < 4.78 is 11.0. The van der Waals surface area contributed by atoms with E-state index in [1.807, 2.05) is 5.32 Å². The Morgan fingerprint density at radius 2 is 1.61 bits per heavy atom. The highest BCUT2D eigenvalue weighted by Gasteiger charge is 2.35. The van der Waals surface area contributed by atoms with E-state index in [1.54, 1.807) is 19.9 Å². The van der Waals surface area contributed by atoms with Crippen LogP contribution in [0.1, 0.15) is 24.3 Å². The molecule has 0 spiro atoms. The first-order chi connectivity index (χ1) is 14.7. The number of nitrogens with one attached hydrogen (secondary N) is 1. The Morgan fingerprint density at radius 1 is 1.00 bits per heavy atom. The first-order valence-electron chi connectivity index (χ1n) is 9.47. The fraction of sp³-hybridized carbons (Fsp3) is 0.474. The van der Waals surface area contributed by atoms with E-state index in [1.165, 1.54) is 6.07 Å². The highest BCUT2D eigenvalue weighted by molar-refractivity contribution is 6.11. The van der Waals surface area contributed by atoms with Crippen molar-refractivity contribution in [2.24, 2.45) is 0 Å². The highest BCUT2D eigenvalue weighted by atomic mass is 16.5. The monoisotopic (exact) mass is 439 g/mol. The van der Waals surface area contributed by atoms with Crippen molar-refractivity contribution in [3.05, 3.63) is 24.2 Å². The largest absolute Gasteiger partial charge is 0.490 e. The Labute approximate surface area is 177 Å². The number of hydrogen-bond acceptors (Lipinski definition) is 11. The Morgan fingerprint density at radius 3 is 2.19 bits per heavy atom. The van der Waals surface area contributed by atoms with Crippen LogP contribution in [-0.2, 0) is 4.79 Å². The zero-order valence-electron chi connectivity index (χ0n) is 16.9. The Balaban J connectivity index is 2.29. The predicted octanol–water partition coefficient (Wildman–Crippen LogP) is -1.88. The maximum Gasteiger partial charge on any atom is 0.277 e. The summed E-state index contributed by atoms with van der Waals surface area (Å²) in [5.74, 6) is -1.60. The summed E-state index contributed by atoms with van der Waals surface area (Å²) >= 11 is 0. The van der Waals surface area contributed by atoms with Gasteiger partial charge in [-0.2, -0.15) is 0 Å². The molecule has 31 heavy (non-hydrogen) atoms. The first kappa shape index (κ1) is 24.4. The third-order valence-electron chi connectivity index (χ3n) is 4.28. The maximum atomic E-state index is 12.6. The number of carbonyl (C=O) groups excluding carboxylic acids is 2. The molecule has 1 heterocycles. The van der Waals surface area contributed by atoms with E-state index < -0.39 is 42.8 Å². The second-order valence-electron chi connectivity index (χ2n) is 6.40. The molecule has 4 atom stereocenters. The summed E-state index contributed by atoms with van der Waals surface area (Å²) in [6, 6.07) is 3.03. The molecule has 4 unspecified atom stereocenters. The highest BCUT2D eigenvalue weighted by Crippen LogP contribution is 2.32. The standard InChI is InChI=1S/C19H25N3O9/c1-3-30-12-5-9-10(6-13(12)31-4-2)20-8-21-14(9)18(28)22-19(29)17(27)16(26)15(25)11(24)7-23/h5-6,8,11,15-17,23-27H,3-4,7H2,1-2H3,(H,22,28,29). The number of aromatic nitrogens is 2. The molecule has 0 saturated carbocycles. The molecule has 2 rings (SSSR count). The molecular formula is C19H25N3O9. The van der Waals surface area contributed by atoms with Gasteiger partial charge in [-0.1, -0.05) is 0 Å². The number of amides is 2. The lowest BCUT2D eigenvalue weighted by molar-refractivity contribution is -0.148. The van der Waals surface area contributed by atoms with Crippen molar-refractivity contribution in [1.29, 1.82) is 0 Å². The van der Waals surface area contributed by atoms with Gasteiger partial charge >= 0.3 is 0 Å². The number of aliphatic hydroxyl groups excluding tert-OH is 5. The van der Waals surface area contributed by atoms with E-state index in [0.29, 0.717) is 30.2 Å². The molecule has 12 nitrogen and oxygen atoms in total. The summed E-state index contributed by atoms with van der Waals surface area (Å²) in [6.07, 6.45) is -7.14. The number of hydrogen-bond donors (Lipinski definition) is 6. The fourth-order valence-electron chi connectivity index (χ4n) is 2.70. The zero-order chi connectivity index (χ0) is 23.1. The summed E-state index contributed by atoms with van der Waals surface area (Å²) in [4.78, 5) is 32.7. The van der Waals surface area contributed by atoms with Crippen LogP contribution in [0, 0.1) is 0 Å². The third kappa shape index (κ3) is 5.62. The molecule has 0 aliphatic carbocycles. The van der Waals surface area contributed by atoms with Crippen molar-refractivity contribution < 1.29 is 44.6 Å². The molecule has 0 bridgehead atoms. The van der Waals surface area contributed by atoms with Crippen LogP contribution in [0.2, 0.25) is 0 Å². The van der Waals surface area contributed by atoms with Crippen LogP contribution in [0.5, 0.6) is 11.5 Å². The topological polar surface area (TPSA) is 192 Å². The molecular weight excluding hydrogens is 414 g/mol. The number of aliphatic hydroxyl groups is 5. The minimum absolute atomic E-state index is 0.208. The first-order valence-corrected chi connectivity index (χ1v) is 9.47. The Bertz CT molecular complexity index is 924. The number of fused-ring (bicyclic) bond motifs is 1. The Hall–Kier alpha value is -2.90. The number of benzene rings is 1. The van der Waals surface area contributed by atoms with Crippen LogP contribution in [0.15, 0.2) is 18.5 Å². The van der Waals surface area contributed by atoms with Crippen molar-refractivity contribution in [2.75, 3.05) is 19.8 Å². The van der Waals surface area contributed by atoms with Gasteiger partial charge in [-0.25, -0.2) is 9.97 Å². The summed E-state index contributed by atoms with van der Waals surface area (Å²) in [5.41, 5.74) is 0.126. The quantitative estimate of drug-likeness (QED) is 0.243. The van der Waals surface area contributed by atoms with Crippen molar-refractivity contribution in [3.63, 3.8) is 0 Å². The smallest absolute Gasteiger partial charge is 0.277 e. The van der Waals surface area contributed by atoms with Crippen LogP contribution in [0.25, 0.3) is 10.9 Å². The third-order valence-corrected chi connectivity index (χ3v) is 4.28. The average molecular weight is 439 g/mol. The number of carbonyl (C=O) groups is 2. The second-order valence-corrected chi connectivity index (χ2v) is 6.40. The molecule has 12 heteroatoms. The molecule has 0 fully saturated rings. The maximum absolute atomic E-state index is 12.6. The van der Waals surface area contributed by atoms with Gasteiger partial charge in [0.1, 0.15) is 30.3 Å². The summed E-state index contributed by atoms with van der Waals surface area (Å²) in [5, 5.41) is 49.5. The molecule has 2 aromatic rings. The molecule has 2 amide bonds. The molecule has 1 aromatic carbocycles. The fourth-order valence-corrected chi connectivity index (χ4v) is 2.70. The van der Waals surface area contributed by atoms with Crippen LogP contribution in [0.3, 0.4) is 0 Å². The van der Waals surface area contributed by atoms with E-state index in [0.717, 1.165) is 6.33 Å². The molecule has 0 aliphatic rings. The van der Waals surface area contributed by atoms with Gasteiger partial charge in [-0.15, -0.1) is 0 Å². The molecule has 0 aliphatic heterocycles. The minimum atomic E-state index is -2.27. The van der Waals surface area contributed by atoms with E-state index in [-0.39, 0.29) is 11.1 Å². The van der Waals surface area contributed by atoms with Crippen LogP contribution < -0.4 is 14.8 Å². The SMILES string of the molecule is CCOc1cc2ncnc(C(=O)NC(=O)C(O)C(O)C(O)C(O)CO)c2cc1OCC. The second kappa shape index (κ2) is 10.9. The minimum Gasteiger partial charge on any atom is -0.490 e. The van der Waals surface area contributed by atoms with Gasteiger partial charge in [0.2, 0.25) is 0 Å². The summed E-state index contributed by atoms with van der Waals surface area (Å²) in [6.45, 7) is 3.34. The number of ether oxygens (including phenoxy) is 2. The average Bonchev–Trinajstić information content (AvgIpc) is 2.77. The van der Waals surface area contributed by atoms with Crippen molar-refractivity contribution in [3.8, 4) is 11.5 Å². The van der Waals surface area contributed by atoms with E-state index in [9.17, 15) is 30.0 Å². The van der Waals surface area contributed by atoms with Crippen molar-refractivity contribution >= 4 is 22.7 Å². The molecule has 0 radical (unpaired) electrons. The molecule has 1 aromatic heterocycles. The number of rotatable bonds is 10. The van der Waals surface area contributed by atoms with Crippen LogP contribution in [0.4, 0.5) is 0 Å². The van der Waals surface area contributed by atoms with Gasteiger partial charge in [0.15, 0.2) is 17.6 Å². The van der Waals surface area contributed by atoms with Gasteiger partial charge in [-0.3, -0.25) is 14.9 Å². The Kier molecular flexibility index (Phi) is 8.59. The van der Waals surface area contributed by atoms with Gasteiger partial charge in [0, 0.05) is 11.5 Å². The van der Waals surface area contributed by atoms with Crippen molar-refractivity contribution in [2.45, 2.75) is 38.3 Å². The molecule has 0 saturated heterocycles. The van der Waals surface area contributed by atoms with Crippen LogP contribution in [-0.4, -0.2) is 91.6 Å². The lowest BCUT2D eigenvalue weighted by Crippen LogP contribution is -2.52. The lowest BCUT2D eigenvalue weighted by atomic mass is 10.0. The van der Waals surface area contributed by atoms with E-state index >= 15 is 0 Å². The number of nitrogens with zero attached hydrogens (tertiary/aromatic N) is 2. The summed E-state index contributed by atoms with van der Waals surface area (Å²) in [7, 11) is 0. The van der Waals surface area contributed by atoms with Gasteiger partial charge in [0.25, 0.3) is 11.8 Å². The van der Waals surface area contributed by atoms with Gasteiger partial charge < -0.3 is 35.0 Å². The van der Waals surface area contributed by atoms with Gasteiger partial charge in [-0.05, 0) is 19.9 Å².